The zero-order valence-corrected chi connectivity index (χ0v) is 19.1. The van der Waals surface area contributed by atoms with Crippen LogP contribution in [0.15, 0.2) is 66.9 Å². The van der Waals surface area contributed by atoms with Crippen LogP contribution in [0.1, 0.15) is 28.8 Å². The van der Waals surface area contributed by atoms with E-state index in [2.05, 4.69) is 9.84 Å². The lowest BCUT2D eigenvalue weighted by molar-refractivity contribution is -0.140. The number of amides is 1. The van der Waals surface area contributed by atoms with Crippen molar-refractivity contribution in [3.63, 3.8) is 0 Å². The van der Waals surface area contributed by atoms with Gasteiger partial charge < -0.3 is 9.64 Å². The SMILES string of the molecule is COC(=O)CCCN(C)C(=O)c1cc(-c2ccccc2)nc2c1cnn2Cc1cccc(F)c1. The Labute approximate surface area is 196 Å². The van der Waals surface area contributed by atoms with Crippen molar-refractivity contribution in [2.24, 2.45) is 0 Å². The summed E-state index contributed by atoms with van der Waals surface area (Å²) in [5, 5.41) is 5.07. The molecule has 2 aromatic heterocycles. The minimum atomic E-state index is -0.323. The summed E-state index contributed by atoms with van der Waals surface area (Å²) in [6.07, 6.45) is 2.35. The Morgan fingerprint density at radius 3 is 2.62 bits per heavy atom. The molecule has 34 heavy (non-hydrogen) atoms. The summed E-state index contributed by atoms with van der Waals surface area (Å²) in [6, 6.07) is 17.7. The second kappa shape index (κ2) is 10.2. The second-order valence-corrected chi connectivity index (χ2v) is 8.00. The summed E-state index contributed by atoms with van der Waals surface area (Å²) in [5.41, 5.74) is 3.25. The molecule has 0 radical (unpaired) electrons. The Hall–Kier alpha value is -4.07. The number of hydrogen-bond donors (Lipinski definition) is 0. The topological polar surface area (TPSA) is 77.3 Å². The van der Waals surface area contributed by atoms with Crippen molar-refractivity contribution in [3.05, 3.63) is 83.8 Å². The average Bonchev–Trinajstić information content (AvgIpc) is 3.25. The number of halogens is 1. The van der Waals surface area contributed by atoms with Gasteiger partial charge in [-0.15, -0.1) is 0 Å². The highest BCUT2D eigenvalue weighted by Crippen LogP contribution is 2.26. The molecule has 0 fully saturated rings. The van der Waals surface area contributed by atoms with Gasteiger partial charge in [0.1, 0.15) is 5.82 Å². The van der Waals surface area contributed by atoms with Gasteiger partial charge in [0.15, 0.2) is 5.65 Å². The lowest BCUT2D eigenvalue weighted by atomic mass is 10.1. The molecule has 0 atom stereocenters. The minimum absolute atomic E-state index is 0.195. The molecule has 4 rings (SSSR count). The molecule has 2 heterocycles. The van der Waals surface area contributed by atoms with Gasteiger partial charge in [-0.1, -0.05) is 42.5 Å². The Kier molecular flexibility index (Phi) is 6.96. The third kappa shape index (κ3) is 5.11. The quantitative estimate of drug-likeness (QED) is 0.366. The molecule has 8 heteroatoms. The number of rotatable bonds is 8. The predicted octanol–water partition coefficient (Wildman–Crippen LogP) is 4.31. The van der Waals surface area contributed by atoms with Gasteiger partial charge in [0.05, 0.1) is 36.5 Å². The molecule has 0 aliphatic carbocycles. The molecule has 0 aliphatic heterocycles. The molecule has 0 saturated carbocycles. The van der Waals surface area contributed by atoms with E-state index in [-0.39, 0.29) is 24.1 Å². The van der Waals surface area contributed by atoms with Crippen molar-refractivity contribution in [1.82, 2.24) is 19.7 Å². The summed E-state index contributed by atoms with van der Waals surface area (Å²) < 4.78 is 20.0. The smallest absolute Gasteiger partial charge is 0.305 e. The van der Waals surface area contributed by atoms with Crippen LogP contribution < -0.4 is 0 Å². The van der Waals surface area contributed by atoms with E-state index in [4.69, 9.17) is 4.98 Å². The van der Waals surface area contributed by atoms with Gasteiger partial charge in [0.25, 0.3) is 5.91 Å². The van der Waals surface area contributed by atoms with Crippen LogP contribution in [0.5, 0.6) is 0 Å². The van der Waals surface area contributed by atoms with Crippen molar-refractivity contribution in [1.29, 1.82) is 0 Å². The zero-order chi connectivity index (χ0) is 24.1. The van der Waals surface area contributed by atoms with Crippen molar-refractivity contribution in [2.45, 2.75) is 19.4 Å². The molecule has 0 unspecified atom stereocenters. The fourth-order valence-corrected chi connectivity index (χ4v) is 3.78. The largest absolute Gasteiger partial charge is 0.469 e. The number of fused-ring (bicyclic) bond motifs is 1. The lowest BCUT2D eigenvalue weighted by Crippen LogP contribution is -2.28. The van der Waals surface area contributed by atoms with E-state index in [1.54, 1.807) is 35.0 Å². The molecular formula is C26H25FN4O3. The van der Waals surface area contributed by atoms with Crippen LogP contribution in [0.2, 0.25) is 0 Å². The molecular weight excluding hydrogens is 435 g/mol. The normalized spacial score (nSPS) is 10.9. The van der Waals surface area contributed by atoms with Crippen molar-refractivity contribution in [3.8, 4) is 11.3 Å². The summed E-state index contributed by atoms with van der Waals surface area (Å²) in [6.45, 7) is 0.713. The maximum Gasteiger partial charge on any atom is 0.305 e. The Bertz CT molecular complexity index is 1320. The highest BCUT2D eigenvalue weighted by Gasteiger charge is 2.20. The van der Waals surface area contributed by atoms with Crippen LogP contribution >= 0.6 is 0 Å². The maximum absolute atomic E-state index is 13.7. The number of hydrogen-bond acceptors (Lipinski definition) is 5. The Morgan fingerprint density at radius 1 is 1.09 bits per heavy atom. The van der Waals surface area contributed by atoms with Crippen LogP contribution in [0.4, 0.5) is 4.39 Å². The van der Waals surface area contributed by atoms with Crippen LogP contribution in [-0.2, 0) is 16.1 Å². The Balaban J connectivity index is 1.72. The third-order valence-electron chi connectivity index (χ3n) is 5.58. The summed E-state index contributed by atoms with van der Waals surface area (Å²) in [7, 11) is 3.04. The third-order valence-corrected chi connectivity index (χ3v) is 5.58. The number of methoxy groups -OCH3 is 1. The standard InChI is InChI=1S/C26H25FN4O3/c1-30(13-7-12-24(32)34-2)26(33)21-15-23(19-9-4-3-5-10-19)29-25-22(21)16-28-31(25)17-18-8-6-11-20(27)14-18/h3-6,8-11,14-16H,7,12-13,17H2,1-2H3. The van der Waals surface area contributed by atoms with E-state index in [0.29, 0.717) is 41.8 Å². The summed E-state index contributed by atoms with van der Waals surface area (Å²) >= 11 is 0. The monoisotopic (exact) mass is 460 g/mol. The number of carbonyl (C=O) groups excluding carboxylic acids is 2. The number of pyridine rings is 1. The van der Waals surface area contributed by atoms with Crippen molar-refractivity contribution >= 4 is 22.9 Å². The molecule has 0 N–H and O–H groups in total. The van der Waals surface area contributed by atoms with E-state index >= 15 is 0 Å². The van der Waals surface area contributed by atoms with Gasteiger partial charge in [-0.2, -0.15) is 5.10 Å². The molecule has 0 saturated heterocycles. The van der Waals surface area contributed by atoms with E-state index < -0.39 is 0 Å². The molecule has 0 spiro atoms. The molecule has 7 nitrogen and oxygen atoms in total. The van der Waals surface area contributed by atoms with Crippen LogP contribution in [0.25, 0.3) is 22.3 Å². The first-order valence-corrected chi connectivity index (χ1v) is 10.9. The van der Waals surface area contributed by atoms with Gasteiger partial charge in [-0.25, -0.2) is 14.1 Å². The lowest BCUT2D eigenvalue weighted by Gasteiger charge is -2.18. The number of ether oxygens (including phenoxy) is 1. The van der Waals surface area contributed by atoms with Gasteiger partial charge in [0.2, 0.25) is 0 Å². The van der Waals surface area contributed by atoms with Crippen molar-refractivity contribution in [2.75, 3.05) is 20.7 Å². The fourth-order valence-electron chi connectivity index (χ4n) is 3.78. The number of benzene rings is 2. The maximum atomic E-state index is 13.7. The number of nitrogens with zero attached hydrogens (tertiary/aromatic N) is 4. The van der Waals surface area contributed by atoms with E-state index in [0.717, 1.165) is 11.1 Å². The van der Waals surface area contributed by atoms with Gasteiger partial charge >= 0.3 is 5.97 Å². The Morgan fingerprint density at radius 2 is 1.88 bits per heavy atom. The zero-order valence-electron chi connectivity index (χ0n) is 19.1. The number of carbonyl (C=O) groups is 2. The number of aromatic nitrogens is 3. The average molecular weight is 461 g/mol. The van der Waals surface area contributed by atoms with E-state index in [1.165, 1.54) is 19.2 Å². The molecule has 1 amide bonds. The molecule has 2 aromatic carbocycles. The molecule has 0 bridgehead atoms. The highest BCUT2D eigenvalue weighted by atomic mass is 19.1. The van der Waals surface area contributed by atoms with E-state index in [1.807, 2.05) is 36.4 Å². The fraction of sp³-hybridized carbons (Fsp3) is 0.231. The first kappa shape index (κ1) is 23.1. The molecule has 0 aliphatic rings. The second-order valence-electron chi connectivity index (χ2n) is 8.00. The van der Waals surface area contributed by atoms with Gasteiger partial charge in [-0.05, 0) is 30.2 Å². The van der Waals surface area contributed by atoms with Crippen molar-refractivity contribution < 1.29 is 18.7 Å². The summed E-state index contributed by atoms with van der Waals surface area (Å²) in [5.74, 6) is -0.826. The molecule has 4 aromatic rings. The van der Waals surface area contributed by atoms with Crippen LogP contribution in [-0.4, -0.2) is 52.2 Å². The molecule has 174 valence electrons. The summed E-state index contributed by atoms with van der Waals surface area (Å²) in [4.78, 5) is 31.2. The van der Waals surface area contributed by atoms with Crippen LogP contribution in [0, 0.1) is 5.82 Å². The van der Waals surface area contributed by atoms with Gasteiger partial charge in [0, 0.05) is 25.6 Å². The van der Waals surface area contributed by atoms with Gasteiger partial charge in [-0.3, -0.25) is 9.59 Å². The first-order valence-electron chi connectivity index (χ1n) is 10.9. The minimum Gasteiger partial charge on any atom is -0.469 e. The van der Waals surface area contributed by atoms with Crippen LogP contribution in [0.3, 0.4) is 0 Å². The predicted molar refractivity (Wildman–Crippen MR) is 127 cm³/mol. The number of esters is 1. The first-order chi connectivity index (χ1) is 16.5. The van der Waals surface area contributed by atoms with E-state index in [9.17, 15) is 14.0 Å². The highest BCUT2D eigenvalue weighted by molar-refractivity contribution is 6.06.